The van der Waals surface area contributed by atoms with Gasteiger partial charge in [-0.3, -0.25) is 9.48 Å². The van der Waals surface area contributed by atoms with E-state index in [4.69, 9.17) is 9.47 Å². The van der Waals surface area contributed by atoms with E-state index in [0.717, 1.165) is 39.3 Å². The molecule has 1 heterocycles. The van der Waals surface area contributed by atoms with E-state index in [2.05, 4.69) is 26.3 Å². The molecule has 0 radical (unpaired) electrons. The number of aryl methyl sites for hydroxylation is 2. The summed E-state index contributed by atoms with van der Waals surface area (Å²) in [6.07, 6.45) is 5.18. The Labute approximate surface area is 191 Å². The third kappa shape index (κ3) is 6.46. The Hall–Kier alpha value is -3.06. The molecule has 3 rings (SSSR count). The van der Waals surface area contributed by atoms with E-state index in [0.29, 0.717) is 13.2 Å². The van der Waals surface area contributed by atoms with Crippen molar-refractivity contribution in [3.8, 4) is 11.5 Å². The second-order valence-electron chi connectivity index (χ2n) is 7.00. The van der Waals surface area contributed by atoms with Gasteiger partial charge in [-0.05, 0) is 65.7 Å². The molecule has 0 bridgehead atoms. The standard InChI is InChI=1S/C24H26BrN3O3/c1-4-28-15-21(25)22(27-28)14-26-24(29)12-8-18-7-11-23(30-3)19(13-18)16-31-20-9-5-17(2)6-10-20/h5-13,15H,4,14,16H2,1-3H3,(H,26,29)/b12-8+. The number of benzene rings is 2. The maximum Gasteiger partial charge on any atom is 0.244 e. The van der Waals surface area contributed by atoms with Gasteiger partial charge in [0.1, 0.15) is 18.1 Å². The van der Waals surface area contributed by atoms with Gasteiger partial charge in [0.05, 0.1) is 23.8 Å². The summed E-state index contributed by atoms with van der Waals surface area (Å²) in [4.78, 5) is 12.2. The van der Waals surface area contributed by atoms with Crippen LogP contribution in [0.3, 0.4) is 0 Å². The van der Waals surface area contributed by atoms with Gasteiger partial charge in [0.2, 0.25) is 5.91 Å². The van der Waals surface area contributed by atoms with Crippen molar-refractivity contribution in [1.29, 1.82) is 0 Å². The van der Waals surface area contributed by atoms with Crippen molar-refractivity contribution >= 4 is 27.9 Å². The molecule has 0 unspecified atom stereocenters. The smallest absolute Gasteiger partial charge is 0.244 e. The van der Waals surface area contributed by atoms with E-state index in [1.54, 1.807) is 13.2 Å². The lowest BCUT2D eigenvalue weighted by Crippen LogP contribution is -2.20. The number of ether oxygens (including phenoxy) is 2. The van der Waals surface area contributed by atoms with Gasteiger partial charge >= 0.3 is 0 Å². The Morgan fingerprint density at radius 1 is 1.23 bits per heavy atom. The van der Waals surface area contributed by atoms with Crippen LogP contribution in [0.25, 0.3) is 6.08 Å². The van der Waals surface area contributed by atoms with Gasteiger partial charge in [0, 0.05) is 24.4 Å². The number of halogens is 1. The molecule has 0 aliphatic heterocycles. The first-order chi connectivity index (χ1) is 15.0. The van der Waals surface area contributed by atoms with Gasteiger partial charge in [0.15, 0.2) is 0 Å². The molecule has 0 spiro atoms. The quantitative estimate of drug-likeness (QED) is 0.440. The van der Waals surface area contributed by atoms with Crippen LogP contribution >= 0.6 is 15.9 Å². The fourth-order valence-electron chi connectivity index (χ4n) is 2.93. The summed E-state index contributed by atoms with van der Waals surface area (Å²) in [6.45, 7) is 5.55. The van der Waals surface area contributed by atoms with Crippen LogP contribution in [-0.4, -0.2) is 22.8 Å². The lowest BCUT2D eigenvalue weighted by Gasteiger charge is -2.11. The number of methoxy groups -OCH3 is 1. The molecule has 0 aliphatic carbocycles. The number of rotatable bonds is 9. The minimum atomic E-state index is -0.189. The molecule has 31 heavy (non-hydrogen) atoms. The first-order valence-electron chi connectivity index (χ1n) is 10.0. The highest BCUT2D eigenvalue weighted by Gasteiger charge is 2.08. The zero-order valence-electron chi connectivity index (χ0n) is 17.9. The van der Waals surface area contributed by atoms with Gasteiger partial charge in [-0.15, -0.1) is 0 Å². The molecular formula is C24H26BrN3O3. The Balaban J connectivity index is 1.61. The van der Waals surface area contributed by atoms with Crippen LogP contribution < -0.4 is 14.8 Å². The fraction of sp³-hybridized carbons (Fsp3) is 0.250. The molecule has 162 valence electrons. The van der Waals surface area contributed by atoms with Crippen LogP contribution in [0.1, 0.15) is 29.3 Å². The monoisotopic (exact) mass is 483 g/mol. The van der Waals surface area contributed by atoms with Crippen LogP contribution in [0.5, 0.6) is 11.5 Å². The summed E-state index contributed by atoms with van der Waals surface area (Å²) in [6, 6.07) is 13.6. The highest BCUT2D eigenvalue weighted by molar-refractivity contribution is 9.10. The van der Waals surface area contributed by atoms with Gasteiger partial charge in [-0.1, -0.05) is 23.8 Å². The predicted octanol–water partition coefficient (Wildman–Crippen LogP) is 4.89. The minimum absolute atomic E-state index is 0.189. The number of carbonyl (C=O) groups excluding carboxylic acids is 1. The fourth-order valence-corrected chi connectivity index (χ4v) is 3.39. The van der Waals surface area contributed by atoms with Crippen LogP contribution in [-0.2, 0) is 24.5 Å². The van der Waals surface area contributed by atoms with Crippen molar-refractivity contribution < 1.29 is 14.3 Å². The van der Waals surface area contributed by atoms with Crippen molar-refractivity contribution in [3.63, 3.8) is 0 Å². The molecule has 2 aromatic carbocycles. The summed E-state index contributed by atoms with van der Waals surface area (Å²) in [5.74, 6) is 1.35. The molecule has 0 fully saturated rings. The van der Waals surface area contributed by atoms with Crippen molar-refractivity contribution in [2.45, 2.75) is 33.5 Å². The van der Waals surface area contributed by atoms with Gasteiger partial charge in [-0.2, -0.15) is 5.10 Å². The third-order valence-electron chi connectivity index (χ3n) is 4.69. The molecule has 6 nitrogen and oxygen atoms in total. The largest absolute Gasteiger partial charge is 0.496 e. The average Bonchev–Trinajstić information content (AvgIpc) is 3.15. The van der Waals surface area contributed by atoms with Gasteiger partial charge in [0.25, 0.3) is 0 Å². The van der Waals surface area contributed by atoms with Crippen LogP contribution in [0.15, 0.2) is 59.2 Å². The number of carbonyl (C=O) groups is 1. The number of amides is 1. The molecule has 0 atom stereocenters. The van der Waals surface area contributed by atoms with Gasteiger partial charge < -0.3 is 14.8 Å². The number of aromatic nitrogens is 2. The molecule has 7 heteroatoms. The van der Waals surface area contributed by atoms with Crippen molar-refractivity contribution in [3.05, 3.63) is 81.6 Å². The maximum absolute atomic E-state index is 12.2. The Kier molecular flexibility index (Phi) is 7.89. The van der Waals surface area contributed by atoms with E-state index < -0.39 is 0 Å². The summed E-state index contributed by atoms with van der Waals surface area (Å²) < 4.78 is 14.0. The van der Waals surface area contributed by atoms with Crippen molar-refractivity contribution in [1.82, 2.24) is 15.1 Å². The predicted molar refractivity (Wildman–Crippen MR) is 125 cm³/mol. The molecule has 0 saturated carbocycles. The maximum atomic E-state index is 12.2. The average molecular weight is 484 g/mol. The number of nitrogens with zero attached hydrogens (tertiary/aromatic N) is 2. The van der Waals surface area contributed by atoms with Gasteiger partial charge in [-0.25, -0.2) is 0 Å². The summed E-state index contributed by atoms with van der Waals surface area (Å²) in [5.41, 5.74) is 3.76. The SMILES string of the molecule is CCn1cc(Br)c(CNC(=O)/C=C/c2ccc(OC)c(COc3ccc(C)cc3)c2)n1. The lowest BCUT2D eigenvalue weighted by molar-refractivity contribution is -0.116. The zero-order valence-corrected chi connectivity index (χ0v) is 19.5. The normalized spacial score (nSPS) is 11.0. The first-order valence-corrected chi connectivity index (χ1v) is 10.8. The van der Waals surface area contributed by atoms with Crippen molar-refractivity contribution in [2.75, 3.05) is 7.11 Å². The Morgan fingerprint density at radius 2 is 2.00 bits per heavy atom. The third-order valence-corrected chi connectivity index (χ3v) is 5.35. The van der Waals surface area contributed by atoms with E-state index in [1.165, 1.54) is 11.6 Å². The molecule has 3 aromatic rings. The zero-order chi connectivity index (χ0) is 22.2. The topological polar surface area (TPSA) is 65.4 Å². The van der Waals surface area contributed by atoms with Crippen LogP contribution in [0, 0.1) is 6.92 Å². The Morgan fingerprint density at radius 3 is 2.68 bits per heavy atom. The second-order valence-corrected chi connectivity index (χ2v) is 7.86. The second kappa shape index (κ2) is 10.8. The molecule has 1 N–H and O–H groups in total. The van der Waals surface area contributed by atoms with E-state index in [9.17, 15) is 4.79 Å². The summed E-state index contributed by atoms with van der Waals surface area (Å²) in [5, 5.41) is 7.26. The number of hydrogen-bond donors (Lipinski definition) is 1. The number of hydrogen-bond acceptors (Lipinski definition) is 4. The molecule has 0 aliphatic rings. The number of nitrogens with one attached hydrogen (secondary N) is 1. The summed E-state index contributed by atoms with van der Waals surface area (Å²) in [7, 11) is 1.63. The Bertz CT molecular complexity index is 1060. The first kappa shape index (κ1) is 22.6. The van der Waals surface area contributed by atoms with E-state index in [1.807, 2.05) is 67.2 Å². The molecule has 1 amide bonds. The lowest BCUT2D eigenvalue weighted by atomic mass is 10.1. The van der Waals surface area contributed by atoms with E-state index >= 15 is 0 Å². The molecular weight excluding hydrogens is 458 g/mol. The van der Waals surface area contributed by atoms with Crippen LogP contribution in [0.4, 0.5) is 0 Å². The highest BCUT2D eigenvalue weighted by atomic mass is 79.9. The highest BCUT2D eigenvalue weighted by Crippen LogP contribution is 2.23. The van der Waals surface area contributed by atoms with Crippen LogP contribution in [0.2, 0.25) is 0 Å². The minimum Gasteiger partial charge on any atom is -0.496 e. The van der Waals surface area contributed by atoms with E-state index in [-0.39, 0.29) is 5.91 Å². The molecule has 0 saturated heterocycles. The van der Waals surface area contributed by atoms with Crippen molar-refractivity contribution in [2.24, 2.45) is 0 Å². The summed E-state index contributed by atoms with van der Waals surface area (Å²) >= 11 is 3.46. The molecule has 1 aromatic heterocycles.